The average Bonchev–Trinajstić information content (AvgIpc) is 2.92. The maximum absolute atomic E-state index is 12.9. The average molecular weight is 369 g/mol. The zero-order chi connectivity index (χ0) is 18.8. The van der Waals surface area contributed by atoms with Crippen LogP contribution < -0.4 is 4.72 Å². The minimum Gasteiger partial charge on any atom is -0.332 e. The Balaban J connectivity index is 1.93. The van der Waals surface area contributed by atoms with Gasteiger partial charge in [0.25, 0.3) is 5.91 Å². The second-order valence-corrected chi connectivity index (χ2v) is 8.24. The van der Waals surface area contributed by atoms with E-state index in [1.165, 1.54) is 11.1 Å². The lowest BCUT2D eigenvalue weighted by Crippen LogP contribution is -2.34. The van der Waals surface area contributed by atoms with Crippen molar-refractivity contribution in [3.63, 3.8) is 0 Å². The molecule has 3 nitrogen and oxygen atoms in total. The van der Waals surface area contributed by atoms with E-state index in [-0.39, 0.29) is 11.9 Å². The lowest BCUT2D eigenvalue weighted by atomic mass is 9.96. The molecule has 1 atom stereocenters. The Morgan fingerprint density at radius 1 is 1.15 bits per heavy atom. The van der Waals surface area contributed by atoms with Crippen LogP contribution in [0.4, 0.5) is 5.69 Å². The fourth-order valence-electron chi connectivity index (χ4n) is 3.90. The van der Waals surface area contributed by atoms with Crippen LogP contribution in [0.3, 0.4) is 0 Å². The predicted molar refractivity (Wildman–Crippen MR) is 113 cm³/mol. The molecule has 0 aliphatic carbocycles. The number of fused-ring (bicyclic) bond motifs is 1. The molecule has 0 aromatic heterocycles. The Kier molecular flexibility index (Phi) is 5.61. The Morgan fingerprint density at radius 2 is 1.92 bits per heavy atom. The molecule has 3 rings (SSSR count). The Hall–Kier alpha value is -1.94. The molecule has 1 N–H and O–H groups in total. The van der Waals surface area contributed by atoms with Crippen LogP contribution in [-0.4, -0.2) is 23.1 Å². The summed E-state index contributed by atoms with van der Waals surface area (Å²) >= 11 is 1.59. The molecule has 138 valence electrons. The molecule has 4 heteroatoms. The summed E-state index contributed by atoms with van der Waals surface area (Å²) in [5.74, 6) is 0.778. The first-order valence-electron chi connectivity index (χ1n) is 9.24. The van der Waals surface area contributed by atoms with Gasteiger partial charge in [0.05, 0.1) is 0 Å². The number of nitrogens with zero attached hydrogens (tertiary/aromatic N) is 1. The van der Waals surface area contributed by atoms with Gasteiger partial charge in [0, 0.05) is 30.1 Å². The number of anilines is 1. The van der Waals surface area contributed by atoms with Crippen LogP contribution in [0.25, 0.3) is 11.1 Å². The first-order valence-corrected chi connectivity index (χ1v) is 10.5. The van der Waals surface area contributed by atoms with E-state index >= 15 is 0 Å². The summed E-state index contributed by atoms with van der Waals surface area (Å²) in [5.41, 5.74) is 6.58. The molecule has 2 aromatic carbocycles. The number of aryl methyl sites for hydroxylation is 1. The maximum Gasteiger partial charge on any atom is 0.255 e. The molecule has 1 aliphatic rings. The molecule has 0 radical (unpaired) electrons. The number of amides is 1. The first kappa shape index (κ1) is 18.8. The summed E-state index contributed by atoms with van der Waals surface area (Å²) < 4.78 is 3.29. The lowest BCUT2D eigenvalue weighted by Gasteiger charge is -2.25. The van der Waals surface area contributed by atoms with Crippen molar-refractivity contribution < 1.29 is 4.79 Å². The van der Waals surface area contributed by atoms with Gasteiger partial charge in [0.15, 0.2) is 0 Å². The Labute approximate surface area is 161 Å². The molecule has 0 saturated heterocycles. The molecular formula is C22H28N2OS. The highest BCUT2D eigenvalue weighted by atomic mass is 32.2. The van der Waals surface area contributed by atoms with Gasteiger partial charge in [-0.3, -0.25) is 4.79 Å². The van der Waals surface area contributed by atoms with E-state index in [0.717, 1.165) is 35.3 Å². The summed E-state index contributed by atoms with van der Waals surface area (Å²) in [4.78, 5) is 15.0. The molecule has 0 saturated carbocycles. The van der Waals surface area contributed by atoms with Crippen molar-refractivity contribution in [3.05, 3.63) is 53.1 Å². The first-order chi connectivity index (χ1) is 12.4. The molecule has 0 spiro atoms. The second-order valence-electron chi connectivity index (χ2n) is 7.63. The van der Waals surface area contributed by atoms with E-state index in [1.807, 2.05) is 11.2 Å². The van der Waals surface area contributed by atoms with Crippen molar-refractivity contribution in [2.75, 3.05) is 11.0 Å². The summed E-state index contributed by atoms with van der Waals surface area (Å²) in [6.45, 7) is 9.37. The standard InChI is InChI=1S/C22H28N2OS/c1-14(2)9-16(4)24-13-19-11-18(10-15(3)21(19)22(24)25)17-7-6-8-20(12-17)23-26-5/h6-8,10-12,14,16,23H,9,13H2,1-5H3. The van der Waals surface area contributed by atoms with Gasteiger partial charge in [-0.15, -0.1) is 0 Å². The normalized spacial score (nSPS) is 14.7. The monoisotopic (exact) mass is 368 g/mol. The zero-order valence-corrected chi connectivity index (χ0v) is 17.1. The Bertz CT molecular complexity index is 816. The highest BCUT2D eigenvalue weighted by Crippen LogP contribution is 2.34. The van der Waals surface area contributed by atoms with Crippen LogP contribution in [0, 0.1) is 12.8 Å². The number of rotatable bonds is 6. The van der Waals surface area contributed by atoms with Gasteiger partial charge in [-0.05, 0) is 66.6 Å². The van der Waals surface area contributed by atoms with E-state index in [1.54, 1.807) is 11.9 Å². The Morgan fingerprint density at radius 3 is 2.62 bits per heavy atom. The lowest BCUT2D eigenvalue weighted by molar-refractivity contribution is 0.0698. The van der Waals surface area contributed by atoms with Crippen LogP contribution in [0.15, 0.2) is 36.4 Å². The molecular weight excluding hydrogens is 340 g/mol. The van der Waals surface area contributed by atoms with Crippen LogP contribution in [-0.2, 0) is 6.54 Å². The third-order valence-electron chi connectivity index (χ3n) is 4.99. The number of nitrogens with one attached hydrogen (secondary N) is 1. The quantitative estimate of drug-likeness (QED) is 0.660. The highest BCUT2D eigenvalue weighted by molar-refractivity contribution is 7.99. The van der Waals surface area contributed by atoms with Crippen molar-refractivity contribution in [1.29, 1.82) is 0 Å². The third-order valence-corrected chi connectivity index (χ3v) is 5.43. The van der Waals surface area contributed by atoms with Gasteiger partial charge < -0.3 is 9.62 Å². The minimum absolute atomic E-state index is 0.190. The maximum atomic E-state index is 12.9. The molecule has 2 aromatic rings. The summed E-state index contributed by atoms with van der Waals surface area (Å²) in [5, 5.41) is 0. The second kappa shape index (κ2) is 7.75. The molecule has 1 unspecified atom stereocenters. The molecule has 0 fully saturated rings. The van der Waals surface area contributed by atoms with Crippen molar-refractivity contribution in [1.82, 2.24) is 4.90 Å². The predicted octanol–water partition coefficient (Wildman–Crippen LogP) is 5.74. The van der Waals surface area contributed by atoms with E-state index in [9.17, 15) is 4.79 Å². The summed E-state index contributed by atoms with van der Waals surface area (Å²) in [7, 11) is 0. The van der Waals surface area contributed by atoms with Crippen LogP contribution in [0.2, 0.25) is 0 Å². The fourth-order valence-corrected chi connectivity index (χ4v) is 4.26. The summed E-state index contributed by atoms with van der Waals surface area (Å²) in [6.07, 6.45) is 3.05. The fraction of sp³-hybridized carbons (Fsp3) is 0.409. The number of hydrogen-bond donors (Lipinski definition) is 1. The number of carbonyl (C=O) groups is 1. The van der Waals surface area contributed by atoms with Gasteiger partial charge in [-0.2, -0.15) is 0 Å². The van der Waals surface area contributed by atoms with Gasteiger partial charge in [0.1, 0.15) is 0 Å². The van der Waals surface area contributed by atoms with E-state index < -0.39 is 0 Å². The van der Waals surface area contributed by atoms with Crippen molar-refractivity contribution in [2.24, 2.45) is 5.92 Å². The largest absolute Gasteiger partial charge is 0.332 e. The molecule has 1 aliphatic heterocycles. The molecule has 0 bridgehead atoms. The van der Waals surface area contributed by atoms with Crippen molar-refractivity contribution in [2.45, 2.75) is 46.7 Å². The highest BCUT2D eigenvalue weighted by Gasteiger charge is 2.32. The van der Waals surface area contributed by atoms with Gasteiger partial charge in [0.2, 0.25) is 0 Å². The molecule has 1 amide bonds. The molecule has 1 heterocycles. The van der Waals surface area contributed by atoms with Gasteiger partial charge in [-0.1, -0.05) is 44.0 Å². The van der Waals surface area contributed by atoms with Crippen molar-refractivity contribution >= 4 is 23.5 Å². The third kappa shape index (κ3) is 3.75. The number of carbonyl (C=O) groups excluding carboxylic acids is 1. The van der Waals surface area contributed by atoms with Crippen molar-refractivity contribution in [3.8, 4) is 11.1 Å². The van der Waals surface area contributed by atoms with E-state index in [2.05, 4.69) is 68.8 Å². The topological polar surface area (TPSA) is 32.3 Å². The van der Waals surface area contributed by atoms with E-state index in [4.69, 9.17) is 0 Å². The minimum atomic E-state index is 0.190. The molecule has 26 heavy (non-hydrogen) atoms. The smallest absolute Gasteiger partial charge is 0.255 e. The number of hydrogen-bond acceptors (Lipinski definition) is 3. The van der Waals surface area contributed by atoms with Crippen LogP contribution >= 0.6 is 11.9 Å². The van der Waals surface area contributed by atoms with Gasteiger partial charge >= 0.3 is 0 Å². The zero-order valence-electron chi connectivity index (χ0n) is 16.3. The number of benzene rings is 2. The van der Waals surface area contributed by atoms with E-state index in [0.29, 0.717) is 5.92 Å². The SMILES string of the molecule is CSNc1cccc(-c2cc(C)c3c(c2)CN(C(C)CC(C)C)C3=O)c1. The van der Waals surface area contributed by atoms with Crippen LogP contribution in [0.1, 0.15) is 48.7 Å². The van der Waals surface area contributed by atoms with Gasteiger partial charge in [-0.25, -0.2) is 0 Å². The summed E-state index contributed by atoms with van der Waals surface area (Å²) in [6, 6.07) is 13.0. The van der Waals surface area contributed by atoms with Crippen LogP contribution in [0.5, 0.6) is 0 Å².